The molecule has 3 heteroatoms. The van der Waals surface area contributed by atoms with Gasteiger partial charge in [0.05, 0.1) is 0 Å². The number of hydrogen-bond acceptors (Lipinski definition) is 3. The fraction of sp³-hybridized carbons (Fsp3) is 0.222. The molecular weight excluding hydrogens is 150 g/mol. The molecule has 0 aromatic heterocycles. The van der Waals surface area contributed by atoms with E-state index in [2.05, 4.69) is 28.0 Å². The minimum Gasteiger partial charge on any atom is -0.308 e. The third kappa shape index (κ3) is 1.62. The van der Waals surface area contributed by atoms with E-state index in [0.29, 0.717) is 6.67 Å². The minimum atomic E-state index is 0.683. The number of hydrazine groups is 1. The molecule has 0 aliphatic carbocycles. The maximum atomic E-state index is 4.23. The van der Waals surface area contributed by atoms with Crippen molar-refractivity contribution in [2.45, 2.75) is 6.42 Å². The lowest BCUT2D eigenvalue weighted by Gasteiger charge is -2.00. The molecule has 0 atom stereocenters. The van der Waals surface area contributed by atoms with Crippen molar-refractivity contribution in [1.29, 1.82) is 0 Å². The number of amidine groups is 1. The Bertz CT molecular complexity index is 279. The zero-order valence-electron chi connectivity index (χ0n) is 6.75. The van der Waals surface area contributed by atoms with Crippen LogP contribution in [0.3, 0.4) is 0 Å². The van der Waals surface area contributed by atoms with E-state index in [1.165, 1.54) is 5.56 Å². The van der Waals surface area contributed by atoms with Crippen LogP contribution in [0.1, 0.15) is 5.56 Å². The summed E-state index contributed by atoms with van der Waals surface area (Å²) in [5.74, 6) is 1.02. The molecule has 0 spiro atoms. The smallest absolute Gasteiger partial charge is 0.117 e. The van der Waals surface area contributed by atoms with E-state index in [1.54, 1.807) is 0 Å². The Morgan fingerprint density at radius 2 is 2.08 bits per heavy atom. The first-order valence-electron chi connectivity index (χ1n) is 4.01. The molecule has 0 bridgehead atoms. The van der Waals surface area contributed by atoms with Crippen LogP contribution in [0.25, 0.3) is 0 Å². The standard InChI is InChI=1S/C9H11N3/c1-2-4-8(5-3-1)6-9-10-7-11-12-9/h1-5,11H,6-7H2,(H,10,12). The second kappa shape index (κ2) is 3.36. The Hall–Kier alpha value is -1.35. The highest BCUT2D eigenvalue weighted by molar-refractivity contribution is 5.84. The van der Waals surface area contributed by atoms with E-state index >= 15 is 0 Å². The van der Waals surface area contributed by atoms with Gasteiger partial charge in [-0.3, -0.25) is 4.99 Å². The summed E-state index contributed by atoms with van der Waals surface area (Å²) in [6.45, 7) is 0.683. The molecule has 0 saturated carbocycles. The third-order valence-corrected chi connectivity index (χ3v) is 1.80. The summed E-state index contributed by atoms with van der Waals surface area (Å²) in [6, 6.07) is 10.3. The molecule has 0 unspecified atom stereocenters. The topological polar surface area (TPSA) is 36.4 Å². The third-order valence-electron chi connectivity index (χ3n) is 1.80. The molecule has 1 heterocycles. The van der Waals surface area contributed by atoms with Crippen molar-refractivity contribution in [2.24, 2.45) is 4.99 Å². The second-order valence-electron chi connectivity index (χ2n) is 2.73. The maximum Gasteiger partial charge on any atom is 0.117 e. The summed E-state index contributed by atoms with van der Waals surface area (Å²) in [6.07, 6.45) is 0.883. The van der Waals surface area contributed by atoms with Gasteiger partial charge < -0.3 is 5.43 Å². The van der Waals surface area contributed by atoms with Crippen molar-refractivity contribution < 1.29 is 0 Å². The number of hydrogen-bond donors (Lipinski definition) is 2. The Kier molecular flexibility index (Phi) is 2.05. The van der Waals surface area contributed by atoms with E-state index in [-0.39, 0.29) is 0 Å². The van der Waals surface area contributed by atoms with Gasteiger partial charge in [-0.25, -0.2) is 5.43 Å². The number of rotatable bonds is 2. The van der Waals surface area contributed by atoms with Gasteiger partial charge in [-0.15, -0.1) is 0 Å². The van der Waals surface area contributed by atoms with Gasteiger partial charge in [0.15, 0.2) is 0 Å². The van der Waals surface area contributed by atoms with Crippen molar-refractivity contribution in [3.63, 3.8) is 0 Å². The Balaban J connectivity index is 2.04. The molecule has 0 radical (unpaired) electrons. The summed E-state index contributed by atoms with van der Waals surface area (Å²) >= 11 is 0. The molecule has 0 fully saturated rings. The Morgan fingerprint density at radius 3 is 2.75 bits per heavy atom. The average Bonchev–Trinajstić information content (AvgIpc) is 2.59. The number of aliphatic imine (C=N–C) groups is 1. The predicted molar refractivity (Wildman–Crippen MR) is 48.7 cm³/mol. The molecule has 0 amide bonds. The molecule has 1 aromatic carbocycles. The van der Waals surface area contributed by atoms with Gasteiger partial charge in [-0.2, -0.15) is 0 Å². The summed E-state index contributed by atoms with van der Waals surface area (Å²) in [4.78, 5) is 4.23. The van der Waals surface area contributed by atoms with Crippen LogP contribution in [0.15, 0.2) is 35.3 Å². The molecular formula is C9H11N3. The first-order chi connectivity index (χ1) is 5.95. The maximum absolute atomic E-state index is 4.23. The highest BCUT2D eigenvalue weighted by Gasteiger charge is 2.03. The zero-order valence-corrected chi connectivity index (χ0v) is 6.75. The van der Waals surface area contributed by atoms with Crippen molar-refractivity contribution in [3.8, 4) is 0 Å². The van der Waals surface area contributed by atoms with Crippen LogP contribution in [0.5, 0.6) is 0 Å². The van der Waals surface area contributed by atoms with E-state index in [9.17, 15) is 0 Å². The van der Waals surface area contributed by atoms with Gasteiger partial charge >= 0.3 is 0 Å². The van der Waals surface area contributed by atoms with Gasteiger partial charge in [0.25, 0.3) is 0 Å². The minimum absolute atomic E-state index is 0.683. The molecule has 1 aromatic rings. The summed E-state index contributed by atoms with van der Waals surface area (Å²) < 4.78 is 0. The van der Waals surface area contributed by atoms with Crippen molar-refractivity contribution >= 4 is 5.84 Å². The predicted octanol–water partition coefficient (Wildman–Crippen LogP) is 0.693. The highest BCUT2D eigenvalue weighted by atomic mass is 15.5. The fourth-order valence-corrected chi connectivity index (χ4v) is 1.21. The van der Waals surface area contributed by atoms with E-state index in [0.717, 1.165) is 12.3 Å². The Morgan fingerprint density at radius 1 is 1.25 bits per heavy atom. The largest absolute Gasteiger partial charge is 0.308 e. The van der Waals surface area contributed by atoms with Crippen molar-refractivity contribution in [3.05, 3.63) is 35.9 Å². The van der Waals surface area contributed by atoms with Gasteiger partial charge in [0.1, 0.15) is 12.5 Å². The second-order valence-corrected chi connectivity index (χ2v) is 2.73. The number of nitrogens with zero attached hydrogens (tertiary/aromatic N) is 1. The lowest BCUT2D eigenvalue weighted by atomic mass is 10.1. The summed E-state index contributed by atoms with van der Waals surface area (Å²) in [5.41, 5.74) is 7.23. The monoisotopic (exact) mass is 161 g/mol. The van der Waals surface area contributed by atoms with Crippen LogP contribution in [-0.4, -0.2) is 12.5 Å². The van der Waals surface area contributed by atoms with Crippen LogP contribution in [0.2, 0.25) is 0 Å². The van der Waals surface area contributed by atoms with Crippen molar-refractivity contribution in [2.75, 3.05) is 6.67 Å². The first kappa shape index (κ1) is 7.31. The lowest BCUT2D eigenvalue weighted by molar-refractivity contribution is 0.724. The molecule has 2 N–H and O–H groups in total. The molecule has 12 heavy (non-hydrogen) atoms. The SMILES string of the molecule is c1ccc(CC2=NCNN2)cc1. The molecule has 1 aliphatic heterocycles. The summed E-state index contributed by atoms with van der Waals surface area (Å²) in [7, 11) is 0. The molecule has 2 rings (SSSR count). The Labute approximate surface area is 71.5 Å². The zero-order chi connectivity index (χ0) is 8.23. The van der Waals surface area contributed by atoms with Crippen LogP contribution in [-0.2, 0) is 6.42 Å². The van der Waals surface area contributed by atoms with E-state index < -0.39 is 0 Å². The quantitative estimate of drug-likeness (QED) is 0.669. The van der Waals surface area contributed by atoms with Crippen molar-refractivity contribution in [1.82, 2.24) is 10.9 Å². The van der Waals surface area contributed by atoms with Gasteiger partial charge in [0.2, 0.25) is 0 Å². The van der Waals surface area contributed by atoms with Crippen LogP contribution < -0.4 is 10.9 Å². The van der Waals surface area contributed by atoms with Gasteiger partial charge in [-0.1, -0.05) is 30.3 Å². The van der Waals surface area contributed by atoms with Gasteiger partial charge in [0, 0.05) is 6.42 Å². The van der Waals surface area contributed by atoms with Gasteiger partial charge in [-0.05, 0) is 5.56 Å². The normalized spacial score (nSPS) is 15.5. The first-order valence-corrected chi connectivity index (χ1v) is 4.01. The number of nitrogens with one attached hydrogen (secondary N) is 2. The average molecular weight is 161 g/mol. The fourth-order valence-electron chi connectivity index (χ4n) is 1.21. The molecule has 3 nitrogen and oxygen atoms in total. The van der Waals surface area contributed by atoms with E-state index in [4.69, 9.17) is 0 Å². The highest BCUT2D eigenvalue weighted by Crippen LogP contribution is 2.00. The van der Waals surface area contributed by atoms with Crippen LogP contribution in [0, 0.1) is 0 Å². The molecule has 62 valence electrons. The van der Waals surface area contributed by atoms with E-state index in [1.807, 2.05) is 18.2 Å². The molecule has 1 aliphatic rings. The summed E-state index contributed by atoms with van der Waals surface area (Å²) in [5, 5.41) is 0. The van der Waals surface area contributed by atoms with Crippen LogP contribution >= 0.6 is 0 Å². The lowest BCUT2D eigenvalue weighted by Crippen LogP contribution is -2.30. The van der Waals surface area contributed by atoms with Crippen LogP contribution in [0.4, 0.5) is 0 Å². The molecule has 0 saturated heterocycles. The number of benzene rings is 1.